The molecular formula is C15H19N3O. The van der Waals surface area contributed by atoms with Crippen molar-refractivity contribution in [3.05, 3.63) is 35.4 Å². The van der Waals surface area contributed by atoms with Gasteiger partial charge in [0.25, 0.3) is 0 Å². The molecule has 0 saturated carbocycles. The van der Waals surface area contributed by atoms with E-state index in [4.69, 9.17) is 5.26 Å². The number of benzene rings is 1. The van der Waals surface area contributed by atoms with Crippen molar-refractivity contribution in [1.82, 2.24) is 9.80 Å². The van der Waals surface area contributed by atoms with Crippen LogP contribution in [0.15, 0.2) is 24.3 Å². The summed E-state index contributed by atoms with van der Waals surface area (Å²) in [6.07, 6.45) is 1.12. The number of ketones is 1. The van der Waals surface area contributed by atoms with Crippen molar-refractivity contribution in [2.24, 2.45) is 0 Å². The molecule has 19 heavy (non-hydrogen) atoms. The van der Waals surface area contributed by atoms with E-state index in [0.29, 0.717) is 23.7 Å². The number of likely N-dealkylation sites (N-methyl/N-ethyl adjacent to an activating group) is 1. The predicted molar refractivity (Wildman–Crippen MR) is 74.0 cm³/mol. The molecule has 1 atom stereocenters. The number of Topliss-reactive ketones (excluding diaryl/α,β-unsaturated/α-hetero) is 1. The van der Waals surface area contributed by atoms with Gasteiger partial charge in [-0.3, -0.25) is 9.69 Å². The van der Waals surface area contributed by atoms with Gasteiger partial charge in [-0.05, 0) is 32.6 Å². The van der Waals surface area contributed by atoms with Gasteiger partial charge in [0.2, 0.25) is 0 Å². The maximum Gasteiger partial charge on any atom is 0.176 e. The molecule has 1 unspecified atom stereocenters. The summed E-state index contributed by atoms with van der Waals surface area (Å²) < 4.78 is 0. The molecule has 0 N–H and O–H groups in total. The fraction of sp³-hybridized carbons (Fsp3) is 0.467. The third-order valence-electron chi connectivity index (χ3n) is 3.68. The first kappa shape index (κ1) is 13.7. The van der Waals surface area contributed by atoms with Crippen LogP contribution in [0.2, 0.25) is 0 Å². The largest absolute Gasteiger partial charge is 0.305 e. The molecule has 1 aromatic carbocycles. The lowest BCUT2D eigenvalue weighted by Crippen LogP contribution is -2.33. The molecule has 2 rings (SSSR count). The first-order valence-corrected chi connectivity index (χ1v) is 6.52. The molecule has 1 heterocycles. The summed E-state index contributed by atoms with van der Waals surface area (Å²) in [6, 6.07) is 9.47. The second-order valence-electron chi connectivity index (χ2n) is 5.25. The Labute approximate surface area is 114 Å². The molecular weight excluding hydrogens is 238 g/mol. The quantitative estimate of drug-likeness (QED) is 0.765. The van der Waals surface area contributed by atoms with Crippen LogP contribution in [0.3, 0.4) is 0 Å². The van der Waals surface area contributed by atoms with Crippen molar-refractivity contribution in [3.63, 3.8) is 0 Å². The monoisotopic (exact) mass is 257 g/mol. The van der Waals surface area contributed by atoms with Gasteiger partial charge < -0.3 is 4.90 Å². The summed E-state index contributed by atoms with van der Waals surface area (Å²) in [4.78, 5) is 16.6. The number of nitrogens with zero attached hydrogens (tertiary/aromatic N) is 3. The molecule has 1 aliphatic heterocycles. The van der Waals surface area contributed by atoms with Gasteiger partial charge >= 0.3 is 0 Å². The zero-order chi connectivity index (χ0) is 13.8. The van der Waals surface area contributed by atoms with E-state index < -0.39 is 0 Å². The van der Waals surface area contributed by atoms with Gasteiger partial charge in [-0.15, -0.1) is 0 Å². The number of carbonyl (C=O) groups excluding carboxylic acids is 1. The molecule has 0 bridgehead atoms. The lowest BCUT2D eigenvalue weighted by atomic mass is 10.1. The van der Waals surface area contributed by atoms with Gasteiger partial charge in [-0.25, -0.2) is 0 Å². The van der Waals surface area contributed by atoms with Crippen LogP contribution in [-0.4, -0.2) is 55.4 Å². The molecule has 0 aromatic heterocycles. The van der Waals surface area contributed by atoms with E-state index in [1.54, 1.807) is 24.3 Å². The smallest absolute Gasteiger partial charge is 0.176 e. The van der Waals surface area contributed by atoms with E-state index in [2.05, 4.69) is 30.0 Å². The van der Waals surface area contributed by atoms with Crippen LogP contribution in [0, 0.1) is 11.3 Å². The zero-order valence-electron chi connectivity index (χ0n) is 11.5. The first-order chi connectivity index (χ1) is 9.10. The second kappa shape index (κ2) is 5.96. The van der Waals surface area contributed by atoms with E-state index in [0.717, 1.165) is 19.5 Å². The normalized spacial score (nSPS) is 19.6. The number of likely N-dealkylation sites (tertiary alicyclic amines) is 1. The van der Waals surface area contributed by atoms with Crippen LogP contribution in [0.5, 0.6) is 0 Å². The van der Waals surface area contributed by atoms with Gasteiger partial charge in [0.05, 0.1) is 18.2 Å². The highest BCUT2D eigenvalue weighted by atomic mass is 16.1. The van der Waals surface area contributed by atoms with Crippen LogP contribution in [0.4, 0.5) is 0 Å². The molecule has 0 aliphatic carbocycles. The molecule has 1 aliphatic rings. The fourth-order valence-corrected chi connectivity index (χ4v) is 2.40. The Morgan fingerprint density at radius 2 is 2.11 bits per heavy atom. The maximum absolute atomic E-state index is 12.1. The lowest BCUT2D eigenvalue weighted by Gasteiger charge is -2.19. The standard InChI is InChI=1S/C15H19N3O/c1-17(2)14-7-8-18(10-14)11-15(19)13-5-3-12(9-16)4-6-13/h3-6,14H,7-8,10-11H2,1-2H3. The molecule has 4 nitrogen and oxygen atoms in total. The van der Waals surface area contributed by atoms with E-state index in [9.17, 15) is 4.79 Å². The average molecular weight is 257 g/mol. The van der Waals surface area contributed by atoms with Crippen LogP contribution in [-0.2, 0) is 0 Å². The predicted octanol–water partition coefficient (Wildman–Crippen LogP) is 1.38. The Bertz CT molecular complexity index is 487. The number of hydrogen-bond donors (Lipinski definition) is 0. The van der Waals surface area contributed by atoms with E-state index in [1.807, 2.05) is 0 Å². The second-order valence-corrected chi connectivity index (χ2v) is 5.25. The average Bonchev–Trinajstić information content (AvgIpc) is 2.87. The van der Waals surface area contributed by atoms with Crippen molar-refractivity contribution < 1.29 is 4.79 Å². The Morgan fingerprint density at radius 3 is 2.63 bits per heavy atom. The summed E-state index contributed by atoms with van der Waals surface area (Å²) in [5.74, 6) is 0.129. The number of hydrogen-bond acceptors (Lipinski definition) is 4. The molecule has 0 amide bonds. The van der Waals surface area contributed by atoms with Gasteiger partial charge in [0.1, 0.15) is 0 Å². The fourth-order valence-electron chi connectivity index (χ4n) is 2.40. The Balaban J connectivity index is 1.93. The van der Waals surface area contributed by atoms with Crippen LogP contribution >= 0.6 is 0 Å². The van der Waals surface area contributed by atoms with Crippen LogP contribution in [0.1, 0.15) is 22.3 Å². The SMILES string of the molecule is CN(C)C1CCN(CC(=O)c2ccc(C#N)cc2)C1. The van der Waals surface area contributed by atoms with Gasteiger partial charge in [0, 0.05) is 24.7 Å². The summed E-state index contributed by atoms with van der Waals surface area (Å²) in [5.41, 5.74) is 1.28. The molecule has 0 spiro atoms. The molecule has 0 radical (unpaired) electrons. The summed E-state index contributed by atoms with van der Waals surface area (Å²) >= 11 is 0. The van der Waals surface area contributed by atoms with Gasteiger partial charge in [-0.1, -0.05) is 12.1 Å². The van der Waals surface area contributed by atoms with Crippen molar-refractivity contribution in [2.75, 3.05) is 33.7 Å². The summed E-state index contributed by atoms with van der Waals surface area (Å²) in [7, 11) is 4.16. The van der Waals surface area contributed by atoms with Gasteiger partial charge in [0.15, 0.2) is 5.78 Å². The van der Waals surface area contributed by atoms with Crippen molar-refractivity contribution in [3.8, 4) is 6.07 Å². The number of carbonyl (C=O) groups is 1. The first-order valence-electron chi connectivity index (χ1n) is 6.52. The van der Waals surface area contributed by atoms with E-state index >= 15 is 0 Å². The zero-order valence-corrected chi connectivity index (χ0v) is 11.5. The molecule has 100 valence electrons. The third-order valence-corrected chi connectivity index (χ3v) is 3.68. The minimum atomic E-state index is 0.129. The minimum Gasteiger partial charge on any atom is -0.305 e. The third kappa shape index (κ3) is 3.40. The Morgan fingerprint density at radius 1 is 1.42 bits per heavy atom. The van der Waals surface area contributed by atoms with Crippen molar-refractivity contribution in [2.45, 2.75) is 12.5 Å². The van der Waals surface area contributed by atoms with Crippen molar-refractivity contribution in [1.29, 1.82) is 5.26 Å². The van der Waals surface area contributed by atoms with E-state index in [-0.39, 0.29) is 5.78 Å². The molecule has 1 fully saturated rings. The molecule has 4 heteroatoms. The highest BCUT2D eigenvalue weighted by molar-refractivity contribution is 5.97. The summed E-state index contributed by atoms with van der Waals surface area (Å²) in [6.45, 7) is 2.40. The Kier molecular flexibility index (Phi) is 4.31. The van der Waals surface area contributed by atoms with Crippen LogP contribution < -0.4 is 0 Å². The Hall–Kier alpha value is -1.70. The topological polar surface area (TPSA) is 47.3 Å². The van der Waals surface area contributed by atoms with Crippen LogP contribution in [0.25, 0.3) is 0 Å². The lowest BCUT2D eigenvalue weighted by molar-refractivity contribution is 0.0941. The maximum atomic E-state index is 12.1. The molecule has 1 saturated heterocycles. The highest BCUT2D eigenvalue weighted by Gasteiger charge is 2.25. The summed E-state index contributed by atoms with van der Waals surface area (Å²) in [5, 5.41) is 8.73. The number of nitriles is 1. The minimum absolute atomic E-state index is 0.129. The van der Waals surface area contributed by atoms with E-state index in [1.165, 1.54) is 0 Å². The van der Waals surface area contributed by atoms with Gasteiger partial charge in [-0.2, -0.15) is 5.26 Å². The van der Waals surface area contributed by atoms with Crippen molar-refractivity contribution >= 4 is 5.78 Å². The number of rotatable bonds is 4. The highest BCUT2D eigenvalue weighted by Crippen LogP contribution is 2.14. The molecule has 1 aromatic rings.